The normalized spacial score (nSPS) is 13.7. The van der Waals surface area contributed by atoms with E-state index in [2.05, 4.69) is 20.8 Å². The molecule has 0 aliphatic heterocycles. The summed E-state index contributed by atoms with van der Waals surface area (Å²) in [7, 11) is 0. The van der Waals surface area contributed by atoms with Crippen molar-refractivity contribution < 1.29 is 14.3 Å². The van der Waals surface area contributed by atoms with E-state index in [0.717, 1.165) is 18.5 Å². The molecule has 1 heterocycles. The molecule has 1 aromatic heterocycles. The molecule has 2 N–H and O–H groups in total. The number of amides is 2. The zero-order valence-corrected chi connectivity index (χ0v) is 16.1. The Balaban J connectivity index is 1.62. The average Bonchev–Trinajstić information content (AvgIpc) is 2.57. The highest BCUT2D eigenvalue weighted by Crippen LogP contribution is 2.22. The second-order valence-corrected chi connectivity index (χ2v) is 7.63. The number of aromatic nitrogens is 2. The van der Waals surface area contributed by atoms with Crippen LogP contribution in [0.5, 0.6) is 0 Å². The van der Waals surface area contributed by atoms with Crippen LogP contribution in [0.4, 0.5) is 4.79 Å². The molecule has 144 valence electrons. The lowest BCUT2D eigenvalue weighted by Crippen LogP contribution is -2.33. The van der Waals surface area contributed by atoms with Crippen LogP contribution in [0.3, 0.4) is 0 Å². The van der Waals surface area contributed by atoms with Crippen molar-refractivity contribution in [3.63, 3.8) is 0 Å². The Hall–Kier alpha value is -2.18. The molecule has 0 atom stereocenters. The first-order valence-electron chi connectivity index (χ1n) is 9.41. The van der Waals surface area contributed by atoms with Crippen molar-refractivity contribution >= 4 is 12.0 Å². The van der Waals surface area contributed by atoms with E-state index in [1.807, 2.05) is 27.0 Å². The van der Waals surface area contributed by atoms with Gasteiger partial charge in [0.15, 0.2) is 0 Å². The van der Waals surface area contributed by atoms with Gasteiger partial charge in [-0.1, -0.05) is 0 Å². The van der Waals surface area contributed by atoms with E-state index >= 15 is 0 Å². The minimum atomic E-state index is -0.513. The maximum absolute atomic E-state index is 11.9. The van der Waals surface area contributed by atoms with E-state index in [-0.39, 0.29) is 5.91 Å². The summed E-state index contributed by atoms with van der Waals surface area (Å²) >= 11 is 0. The van der Waals surface area contributed by atoms with E-state index in [4.69, 9.17) is 4.74 Å². The van der Waals surface area contributed by atoms with Crippen molar-refractivity contribution in [2.24, 2.45) is 0 Å². The lowest BCUT2D eigenvalue weighted by atomic mass is 9.91. The van der Waals surface area contributed by atoms with Crippen molar-refractivity contribution in [3.05, 3.63) is 23.0 Å². The molecule has 0 saturated carbocycles. The Morgan fingerprint density at radius 2 is 1.92 bits per heavy atom. The van der Waals surface area contributed by atoms with Gasteiger partial charge in [-0.15, -0.1) is 0 Å². The molecule has 26 heavy (non-hydrogen) atoms. The van der Waals surface area contributed by atoms with Crippen molar-refractivity contribution in [3.8, 4) is 0 Å². The van der Waals surface area contributed by atoms with Gasteiger partial charge >= 0.3 is 6.09 Å². The van der Waals surface area contributed by atoms with Crippen LogP contribution in [0.25, 0.3) is 0 Å². The van der Waals surface area contributed by atoms with Crippen molar-refractivity contribution in [2.75, 3.05) is 13.1 Å². The minimum Gasteiger partial charge on any atom is -0.444 e. The molecular formula is C19H30N4O3. The number of nitrogens with zero attached hydrogens (tertiary/aromatic N) is 2. The summed E-state index contributed by atoms with van der Waals surface area (Å²) in [4.78, 5) is 23.4. The van der Waals surface area contributed by atoms with Crippen LogP contribution in [-0.4, -0.2) is 40.9 Å². The molecule has 0 unspecified atom stereocenters. The topological polar surface area (TPSA) is 93.2 Å². The van der Waals surface area contributed by atoms with Gasteiger partial charge in [-0.3, -0.25) is 4.79 Å². The van der Waals surface area contributed by atoms with Crippen LogP contribution < -0.4 is 10.6 Å². The fourth-order valence-corrected chi connectivity index (χ4v) is 2.99. The molecule has 2 amide bonds. The van der Waals surface area contributed by atoms with E-state index in [1.54, 1.807) is 0 Å². The van der Waals surface area contributed by atoms with Crippen LogP contribution in [0.2, 0.25) is 0 Å². The van der Waals surface area contributed by atoms with Crippen molar-refractivity contribution in [1.29, 1.82) is 0 Å². The van der Waals surface area contributed by atoms with Crippen LogP contribution >= 0.6 is 0 Å². The summed E-state index contributed by atoms with van der Waals surface area (Å²) < 4.78 is 5.14. The predicted octanol–water partition coefficient (Wildman–Crippen LogP) is 2.32. The van der Waals surface area contributed by atoms with Gasteiger partial charge in [-0.05, 0) is 64.0 Å². The van der Waals surface area contributed by atoms with Gasteiger partial charge < -0.3 is 15.4 Å². The van der Waals surface area contributed by atoms with Crippen LogP contribution in [0.15, 0.2) is 6.20 Å². The lowest BCUT2D eigenvalue weighted by Gasteiger charge is -2.19. The maximum Gasteiger partial charge on any atom is 0.407 e. The fourth-order valence-electron chi connectivity index (χ4n) is 2.99. The van der Waals surface area contributed by atoms with E-state index in [1.165, 1.54) is 24.0 Å². The molecule has 0 bridgehead atoms. The highest BCUT2D eigenvalue weighted by atomic mass is 16.6. The number of carbonyl (C=O) groups excluding carboxylic acids is 2. The Kier molecular flexibility index (Phi) is 7.36. The molecule has 0 spiro atoms. The number of fused-ring (bicyclic) bond motifs is 1. The highest BCUT2D eigenvalue weighted by Gasteiger charge is 2.16. The first-order chi connectivity index (χ1) is 12.3. The Morgan fingerprint density at radius 1 is 1.15 bits per heavy atom. The van der Waals surface area contributed by atoms with Gasteiger partial charge in [-0.2, -0.15) is 10.2 Å². The van der Waals surface area contributed by atoms with Crippen molar-refractivity contribution in [1.82, 2.24) is 20.8 Å². The van der Waals surface area contributed by atoms with E-state index < -0.39 is 11.7 Å². The molecule has 1 aromatic rings. The van der Waals surface area contributed by atoms with Gasteiger partial charge in [0.25, 0.3) is 0 Å². The highest BCUT2D eigenvalue weighted by molar-refractivity contribution is 5.76. The third-order valence-electron chi connectivity index (χ3n) is 4.18. The Labute approximate surface area is 155 Å². The summed E-state index contributed by atoms with van der Waals surface area (Å²) in [6, 6.07) is 0. The number of rotatable bonds is 7. The number of ether oxygens (including phenoxy) is 1. The summed E-state index contributed by atoms with van der Waals surface area (Å²) in [6.07, 6.45) is 7.62. The summed E-state index contributed by atoms with van der Waals surface area (Å²) in [5.41, 5.74) is 3.12. The fraction of sp³-hybridized carbons (Fsp3) is 0.684. The van der Waals surface area contributed by atoms with Gasteiger partial charge in [0, 0.05) is 25.9 Å². The summed E-state index contributed by atoms with van der Waals surface area (Å²) in [5.74, 6) is -0.0197. The molecule has 0 fully saturated rings. The van der Waals surface area contributed by atoms with Gasteiger partial charge in [0.1, 0.15) is 5.60 Å². The number of hydrogen-bond acceptors (Lipinski definition) is 5. The molecular weight excluding hydrogens is 332 g/mol. The quantitative estimate of drug-likeness (QED) is 0.726. The number of alkyl carbamates (subject to hydrolysis) is 1. The third kappa shape index (κ3) is 6.98. The van der Waals surface area contributed by atoms with Crippen LogP contribution in [-0.2, 0) is 28.8 Å². The molecule has 0 saturated heterocycles. The molecule has 1 aliphatic carbocycles. The first-order valence-corrected chi connectivity index (χ1v) is 9.41. The maximum atomic E-state index is 11.9. The third-order valence-corrected chi connectivity index (χ3v) is 4.18. The molecule has 0 aromatic carbocycles. The standard InChI is InChI=1S/C19H30N4O3/c1-19(2,3)26-18(25)21-11-6-9-17(24)20-12-10-16-15-8-5-4-7-14(15)13-22-23-16/h13H,4-12H2,1-3H3,(H,20,24)(H,21,25). The molecule has 2 rings (SSSR count). The second kappa shape index (κ2) is 9.50. The van der Waals surface area contributed by atoms with E-state index in [9.17, 15) is 9.59 Å². The smallest absolute Gasteiger partial charge is 0.407 e. The molecule has 7 heteroatoms. The Morgan fingerprint density at radius 3 is 2.69 bits per heavy atom. The molecule has 1 aliphatic rings. The predicted molar refractivity (Wildman–Crippen MR) is 98.9 cm³/mol. The minimum absolute atomic E-state index is 0.0197. The van der Waals surface area contributed by atoms with Gasteiger partial charge in [0.05, 0.1) is 11.9 Å². The largest absolute Gasteiger partial charge is 0.444 e. The lowest BCUT2D eigenvalue weighted by molar-refractivity contribution is -0.121. The number of nitrogens with one attached hydrogen (secondary N) is 2. The number of carbonyl (C=O) groups is 2. The monoisotopic (exact) mass is 362 g/mol. The zero-order valence-electron chi connectivity index (χ0n) is 16.1. The number of aryl methyl sites for hydroxylation is 1. The number of hydrogen-bond donors (Lipinski definition) is 2. The van der Waals surface area contributed by atoms with Crippen LogP contribution in [0.1, 0.15) is 63.3 Å². The van der Waals surface area contributed by atoms with Gasteiger partial charge in [-0.25, -0.2) is 4.79 Å². The summed E-state index contributed by atoms with van der Waals surface area (Å²) in [5, 5.41) is 13.9. The van der Waals surface area contributed by atoms with Crippen molar-refractivity contribution in [2.45, 2.75) is 71.3 Å². The Bertz CT molecular complexity index is 626. The molecule has 7 nitrogen and oxygen atoms in total. The van der Waals surface area contributed by atoms with Gasteiger partial charge in [0.2, 0.25) is 5.91 Å². The summed E-state index contributed by atoms with van der Waals surface area (Å²) in [6.45, 7) is 6.42. The van der Waals surface area contributed by atoms with Crippen LogP contribution in [0, 0.1) is 0 Å². The molecule has 0 radical (unpaired) electrons. The average molecular weight is 362 g/mol. The zero-order chi connectivity index (χ0) is 19.0. The SMILES string of the molecule is CC(C)(C)OC(=O)NCCCC(=O)NCCc1nncc2c1CCCC2. The van der Waals surface area contributed by atoms with E-state index in [0.29, 0.717) is 32.4 Å². The first kappa shape index (κ1) is 20.1. The second-order valence-electron chi connectivity index (χ2n) is 7.63.